The van der Waals surface area contributed by atoms with Crippen molar-refractivity contribution in [2.45, 2.75) is 6.92 Å². The van der Waals surface area contributed by atoms with Crippen molar-refractivity contribution in [2.24, 2.45) is 0 Å². The van der Waals surface area contributed by atoms with Gasteiger partial charge in [-0.3, -0.25) is 9.97 Å². The molecular formula is C11H12N4O. The summed E-state index contributed by atoms with van der Waals surface area (Å²) in [5.74, 6) is 1.10. The number of hydrogen-bond acceptors (Lipinski definition) is 5. The summed E-state index contributed by atoms with van der Waals surface area (Å²) in [6, 6.07) is 1.86. The molecule has 2 aromatic heterocycles. The number of nitrogens with zero attached hydrogens (tertiary/aromatic N) is 3. The molecule has 5 heteroatoms. The topological polar surface area (TPSA) is 73.9 Å². The van der Waals surface area contributed by atoms with Gasteiger partial charge >= 0.3 is 0 Å². The van der Waals surface area contributed by atoms with Crippen LogP contribution in [0.3, 0.4) is 0 Å². The second-order valence-corrected chi connectivity index (χ2v) is 3.17. The molecule has 0 radical (unpaired) electrons. The van der Waals surface area contributed by atoms with Crippen molar-refractivity contribution >= 4 is 5.82 Å². The van der Waals surface area contributed by atoms with Gasteiger partial charge in [-0.05, 0) is 13.0 Å². The van der Waals surface area contributed by atoms with Crippen molar-refractivity contribution < 1.29 is 4.74 Å². The summed E-state index contributed by atoms with van der Waals surface area (Å²) >= 11 is 0. The van der Waals surface area contributed by atoms with E-state index in [0.717, 1.165) is 5.56 Å². The van der Waals surface area contributed by atoms with Crippen molar-refractivity contribution in [3.63, 3.8) is 0 Å². The summed E-state index contributed by atoms with van der Waals surface area (Å²) < 4.78 is 5.36. The van der Waals surface area contributed by atoms with E-state index in [2.05, 4.69) is 15.0 Å². The van der Waals surface area contributed by atoms with Crippen molar-refractivity contribution in [1.82, 2.24) is 15.0 Å². The van der Waals surface area contributed by atoms with E-state index in [4.69, 9.17) is 10.5 Å². The van der Waals surface area contributed by atoms with Crippen LogP contribution in [0.15, 0.2) is 30.9 Å². The molecule has 2 rings (SSSR count). The fourth-order valence-corrected chi connectivity index (χ4v) is 1.32. The molecule has 0 atom stereocenters. The van der Waals surface area contributed by atoms with Crippen molar-refractivity contribution in [2.75, 3.05) is 12.3 Å². The molecule has 0 amide bonds. The third-order valence-corrected chi connectivity index (χ3v) is 1.97. The molecule has 0 aliphatic rings. The second-order valence-electron chi connectivity index (χ2n) is 3.17. The lowest BCUT2D eigenvalue weighted by molar-refractivity contribution is 0.339. The molecule has 0 saturated heterocycles. The molecule has 0 unspecified atom stereocenters. The molecule has 0 fully saturated rings. The number of nitrogen functional groups attached to an aromatic ring is 1. The molecule has 2 N–H and O–H groups in total. The number of hydrogen-bond donors (Lipinski definition) is 1. The Bertz CT molecular complexity index is 487. The third-order valence-electron chi connectivity index (χ3n) is 1.97. The largest absolute Gasteiger partial charge is 0.492 e. The molecule has 2 heterocycles. The molecule has 5 nitrogen and oxygen atoms in total. The highest BCUT2D eigenvalue weighted by molar-refractivity contribution is 5.59. The van der Waals surface area contributed by atoms with Gasteiger partial charge in [0.25, 0.3) is 0 Å². The van der Waals surface area contributed by atoms with Gasteiger partial charge in [0.2, 0.25) is 0 Å². The van der Waals surface area contributed by atoms with E-state index in [-0.39, 0.29) is 0 Å². The van der Waals surface area contributed by atoms with Gasteiger partial charge in [-0.2, -0.15) is 0 Å². The van der Waals surface area contributed by atoms with Crippen LogP contribution in [-0.4, -0.2) is 21.6 Å². The molecule has 0 aromatic carbocycles. The average molecular weight is 216 g/mol. The molecule has 16 heavy (non-hydrogen) atoms. The quantitative estimate of drug-likeness (QED) is 0.841. The Morgan fingerprint density at radius 2 is 2.00 bits per heavy atom. The van der Waals surface area contributed by atoms with E-state index < -0.39 is 0 Å². The second kappa shape index (κ2) is 4.57. The SMILES string of the molecule is CCOc1cncc(-c2cncc(N)n2)c1. The first kappa shape index (κ1) is 10.4. The summed E-state index contributed by atoms with van der Waals surface area (Å²) in [6.07, 6.45) is 6.51. The normalized spacial score (nSPS) is 10.1. The number of ether oxygens (including phenoxy) is 1. The number of pyridine rings is 1. The Balaban J connectivity index is 2.36. The van der Waals surface area contributed by atoms with Crippen LogP contribution in [0.2, 0.25) is 0 Å². The third kappa shape index (κ3) is 2.25. The number of nitrogens with two attached hydrogens (primary N) is 1. The first-order valence-electron chi connectivity index (χ1n) is 4.95. The minimum atomic E-state index is 0.388. The Morgan fingerprint density at radius 1 is 1.19 bits per heavy atom. The fourth-order valence-electron chi connectivity index (χ4n) is 1.32. The summed E-state index contributed by atoms with van der Waals surface area (Å²) in [4.78, 5) is 12.2. The van der Waals surface area contributed by atoms with E-state index in [1.54, 1.807) is 18.6 Å². The molecule has 0 aliphatic carbocycles. The predicted molar refractivity (Wildman–Crippen MR) is 60.8 cm³/mol. The van der Waals surface area contributed by atoms with Crippen LogP contribution >= 0.6 is 0 Å². The van der Waals surface area contributed by atoms with Gasteiger partial charge in [-0.1, -0.05) is 0 Å². The maximum Gasteiger partial charge on any atom is 0.142 e. The van der Waals surface area contributed by atoms with Crippen LogP contribution in [-0.2, 0) is 0 Å². The number of rotatable bonds is 3. The number of anilines is 1. The minimum absolute atomic E-state index is 0.388. The van der Waals surface area contributed by atoms with Crippen LogP contribution in [0.25, 0.3) is 11.3 Å². The molecule has 82 valence electrons. The zero-order valence-electron chi connectivity index (χ0n) is 8.92. The first-order valence-corrected chi connectivity index (χ1v) is 4.95. The van der Waals surface area contributed by atoms with E-state index >= 15 is 0 Å². The zero-order valence-corrected chi connectivity index (χ0v) is 8.92. The molecule has 0 spiro atoms. The lowest BCUT2D eigenvalue weighted by Crippen LogP contribution is -1.95. The van der Waals surface area contributed by atoms with Gasteiger partial charge < -0.3 is 10.5 Å². The highest BCUT2D eigenvalue weighted by Crippen LogP contribution is 2.20. The zero-order chi connectivity index (χ0) is 11.4. The first-order chi connectivity index (χ1) is 7.79. The Labute approximate surface area is 93.3 Å². The maximum absolute atomic E-state index is 5.57. The predicted octanol–water partition coefficient (Wildman–Crippen LogP) is 1.52. The van der Waals surface area contributed by atoms with Gasteiger partial charge in [0.1, 0.15) is 11.6 Å². The van der Waals surface area contributed by atoms with Gasteiger partial charge in [-0.15, -0.1) is 0 Å². The summed E-state index contributed by atoms with van der Waals surface area (Å²) in [5, 5.41) is 0. The highest BCUT2D eigenvalue weighted by Gasteiger charge is 2.02. The van der Waals surface area contributed by atoms with E-state index in [0.29, 0.717) is 23.9 Å². The van der Waals surface area contributed by atoms with Crippen LogP contribution in [0.4, 0.5) is 5.82 Å². The van der Waals surface area contributed by atoms with E-state index in [1.807, 2.05) is 13.0 Å². The standard InChI is InChI=1S/C11H12N4O/c1-2-16-9-3-8(4-13-5-9)10-6-14-7-11(12)15-10/h3-7H,2H2,1H3,(H2,12,15). The Hall–Kier alpha value is -2.17. The van der Waals surface area contributed by atoms with Gasteiger partial charge in [-0.25, -0.2) is 4.98 Å². The summed E-state index contributed by atoms with van der Waals surface area (Å²) in [7, 11) is 0. The lowest BCUT2D eigenvalue weighted by Gasteiger charge is -2.04. The fraction of sp³-hybridized carbons (Fsp3) is 0.182. The van der Waals surface area contributed by atoms with Crippen LogP contribution < -0.4 is 10.5 Å². The van der Waals surface area contributed by atoms with E-state index in [1.165, 1.54) is 6.20 Å². The molecule has 0 saturated carbocycles. The smallest absolute Gasteiger partial charge is 0.142 e. The molecule has 0 aliphatic heterocycles. The van der Waals surface area contributed by atoms with Crippen LogP contribution in [0.5, 0.6) is 5.75 Å². The monoisotopic (exact) mass is 216 g/mol. The van der Waals surface area contributed by atoms with Gasteiger partial charge in [0.15, 0.2) is 0 Å². The van der Waals surface area contributed by atoms with E-state index in [9.17, 15) is 0 Å². The minimum Gasteiger partial charge on any atom is -0.492 e. The van der Waals surface area contributed by atoms with Crippen LogP contribution in [0.1, 0.15) is 6.92 Å². The molecule has 2 aromatic rings. The highest BCUT2D eigenvalue weighted by atomic mass is 16.5. The maximum atomic E-state index is 5.57. The van der Waals surface area contributed by atoms with Crippen molar-refractivity contribution in [3.8, 4) is 17.0 Å². The van der Waals surface area contributed by atoms with Crippen LogP contribution in [0, 0.1) is 0 Å². The van der Waals surface area contributed by atoms with Gasteiger partial charge in [0, 0.05) is 11.8 Å². The van der Waals surface area contributed by atoms with Gasteiger partial charge in [0.05, 0.1) is 30.9 Å². The summed E-state index contributed by atoms with van der Waals surface area (Å²) in [5.41, 5.74) is 7.09. The van der Waals surface area contributed by atoms with Crippen molar-refractivity contribution in [1.29, 1.82) is 0 Å². The lowest BCUT2D eigenvalue weighted by atomic mass is 10.2. The molecule has 0 bridgehead atoms. The Kier molecular flexibility index (Phi) is 2.95. The average Bonchev–Trinajstić information content (AvgIpc) is 2.30. The van der Waals surface area contributed by atoms with Crippen molar-refractivity contribution in [3.05, 3.63) is 30.9 Å². The number of aromatic nitrogens is 3. The molecular weight excluding hydrogens is 204 g/mol. The summed E-state index contributed by atoms with van der Waals surface area (Å²) in [6.45, 7) is 2.53. The Morgan fingerprint density at radius 3 is 2.75 bits per heavy atom.